The Balaban J connectivity index is 1.46. The van der Waals surface area contributed by atoms with E-state index in [2.05, 4.69) is 15.4 Å². The fourth-order valence-electron chi connectivity index (χ4n) is 4.08. The van der Waals surface area contributed by atoms with Gasteiger partial charge in [0.1, 0.15) is 24.4 Å². The number of nitrogens with two attached hydrogens (primary N) is 1. The van der Waals surface area contributed by atoms with Gasteiger partial charge >= 0.3 is 11.7 Å². The van der Waals surface area contributed by atoms with E-state index in [-0.39, 0.29) is 23.6 Å². The van der Waals surface area contributed by atoms with E-state index in [0.29, 0.717) is 11.3 Å². The Kier molecular flexibility index (Phi) is 6.38. The van der Waals surface area contributed by atoms with Crippen molar-refractivity contribution < 1.29 is 23.5 Å². The first-order valence-electron chi connectivity index (χ1n) is 11.4. The highest BCUT2D eigenvalue weighted by molar-refractivity contribution is 5.98. The van der Waals surface area contributed by atoms with Gasteiger partial charge in [-0.05, 0) is 48.0 Å². The van der Waals surface area contributed by atoms with Crippen molar-refractivity contribution in [1.82, 2.24) is 20.1 Å². The molecular formula is C27H22FN5O4. The number of carbonyl (C=O) groups is 2. The smallest absolute Gasteiger partial charge is 0.352 e. The molecule has 0 saturated carbocycles. The van der Waals surface area contributed by atoms with Crippen LogP contribution in [0.15, 0.2) is 97.7 Å². The van der Waals surface area contributed by atoms with Crippen LogP contribution in [0.3, 0.4) is 0 Å². The van der Waals surface area contributed by atoms with Gasteiger partial charge in [-0.1, -0.05) is 30.3 Å². The van der Waals surface area contributed by atoms with Crippen LogP contribution in [0.2, 0.25) is 0 Å². The van der Waals surface area contributed by atoms with Gasteiger partial charge in [0.15, 0.2) is 5.82 Å². The summed E-state index contributed by atoms with van der Waals surface area (Å²) in [6.07, 6.45) is 5.81. The average Bonchev–Trinajstić information content (AvgIpc) is 3.61. The molecule has 4 aromatic rings. The molecule has 1 aliphatic rings. The summed E-state index contributed by atoms with van der Waals surface area (Å²) in [6, 6.07) is 19.1. The summed E-state index contributed by atoms with van der Waals surface area (Å²) in [6.45, 7) is 0. The zero-order chi connectivity index (χ0) is 25.8. The molecule has 5 rings (SSSR count). The third-order valence-electron chi connectivity index (χ3n) is 5.91. The van der Waals surface area contributed by atoms with Gasteiger partial charge in [-0.25, -0.2) is 14.1 Å². The fourth-order valence-corrected chi connectivity index (χ4v) is 4.08. The molecule has 2 aromatic carbocycles. The molecule has 1 atom stereocenters. The van der Waals surface area contributed by atoms with E-state index in [1.54, 1.807) is 36.5 Å². The maximum Gasteiger partial charge on any atom is 0.352 e. The number of benzene rings is 2. The SMILES string of the molecule is NC(=O)C1([C@H](Cc2ccccc2)NC(=O)c2cccnc2-n2ccc(-c3ccc(F)cc3)n2)OC=CO1. The first kappa shape index (κ1) is 23.7. The summed E-state index contributed by atoms with van der Waals surface area (Å²) in [5.41, 5.74) is 7.96. The Morgan fingerprint density at radius 1 is 1.00 bits per heavy atom. The summed E-state index contributed by atoms with van der Waals surface area (Å²) in [7, 11) is 0. The lowest BCUT2D eigenvalue weighted by molar-refractivity contribution is -0.182. The second-order valence-corrected chi connectivity index (χ2v) is 8.28. The molecule has 0 aliphatic carbocycles. The van der Waals surface area contributed by atoms with Gasteiger partial charge in [-0.15, -0.1) is 0 Å². The Labute approximate surface area is 211 Å². The lowest BCUT2D eigenvalue weighted by Gasteiger charge is -2.33. The molecule has 37 heavy (non-hydrogen) atoms. The van der Waals surface area contributed by atoms with Crippen LogP contribution in [0.1, 0.15) is 15.9 Å². The number of nitrogens with zero attached hydrogens (tertiary/aromatic N) is 3. The third-order valence-corrected chi connectivity index (χ3v) is 5.91. The van der Waals surface area contributed by atoms with Crippen molar-refractivity contribution in [3.63, 3.8) is 0 Å². The minimum atomic E-state index is -1.92. The summed E-state index contributed by atoms with van der Waals surface area (Å²) in [4.78, 5) is 30.4. The van der Waals surface area contributed by atoms with Gasteiger partial charge in [0.25, 0.3) is 5.91 Å². The van der Waals surface area contributed by atoms with Crippen molar-refractivity contribution in [2.45, 2.75) is 18.2 Å². The molecule has 0 bridgehead atoms. The number of rotatable bonds is 8. The van der Waals surface area contributed by atoms with Crippen molar-refractivity contribution in [3.8, 4) is 17.1 Å². The lowest BCUT2D eigenvalue weighted by Crippen LogP contribution is -2.61. The third kappa shape index (κ3) is 4.76. The van der Waals surface area contributed by atoms with Crippen LogP contribution < -0.4 is 11.1 Å². The van der Waals surface area contributed by atoms with Gasteiger partial charge < -0.3 is 20.5 Å². The van der Waals surface area contributed by atoms with E-state index < -0.39 is 23.6 Å². The molecule has 0 radical (unpaired) electrons. The number of aromatic nitrogens is 3. The first-order chi connectivity index (χ1) is 18.0. The Morgan fingerprint density at radius 3 is 2.43 bits per heavy atom. The zero-order valence-corrected chi connectivity index (χ0v) is 19.5. The van der Waals surface area contributed by atoms with Crippen molar-refractivity contribution in [1.29, 1.82) is 0 Å². The maximum absolute atomic E-state index is 13.6. The number of hydrogen-bond acceptors (Lipinski definition) is 6. The first-order valence-corrected chi connectivity index (χ1v) is 11.4. The highest BCUT2D eigenvalue weighted by Crippen LogP contribution is 2.28. The van der Waals surface area contributed by atoms with Crippen LogP contribution in [0, 0.1) is 5.82 Å². The minimum Gasteiger partial charge on any atom is -0.447 e. The topological polar surface area (TPSA) is 121 Å². The number of carbonyl (C=O) groups excluding carboxylic acids is 2. The molecule has 186 valence electrons. The van der Waals surface area contributed by atoms with E-state index >= 15 is 0 Å². The van der Waals surface area contributed by atoms with Gasteiger partial charge in [0.05, 0.1) is 11.3 Å². The van der Waals surface area contributed by atoms with Crippen LogP contribution in [0.25, 0.3) is 17.1 Å². The largest absolute Gasteiger partial charge is 0.447 e. The standard InChI is InChI=1S/C27H22FN5O4/c28-20-10-8-19(9-11-20)22-12-14-33(32-22)24-21(7-4-13-30-24)25(34)31-23(17-18-5-2-1-3-6-18)27(26(29)35)36-15-16-37-27/h1-16,23H,17H2,(H2,29,35)(H,31,34)/t23-/m0/s1. The molecule has 1 aliphatic heterocycles. The highest BCUT2D eigenvalue weighted by atomic mass is 19.1. The molecule has 2 amide bonds. The Hall–Kier alpha value is -4.99. The number of amides is 2. The molecule has 3 N–H and O–H groups in total. The second-order valence-electron chi connectivity index (χ2n) is 8.28. The molecule has 0 spiro atoms. The van der Waals surface area contributed by atoms with E-state index in [1.807, 2.05) is 30.3 Å². The van der Waals surface area contributed by atoms with E-state index in [4.69, 9.17) is 15.2 Å². The molecule has 0 saturated heterocycles. The molecule has 2 aromatic heterocycles. The van der Waals surface area contributed by atoms with E-state index in [1.165, 1.54) is 35.5 Å². The molecule has 10 heteroatoms. The molecule has 9 nitrogen and oxygen atoms in total. The predicted molar refractivity (Wildman–Crippen MR) is 131 cm³/mol. The van der Waals surface area contributed by atoms with Crippen LogP contribution in [-0.2, 0) is 20.7 Å². The van der Waals surface area contributed by atoms with Crippen LogP contribution >= 0.6 is 0 Å². The minimum absolute atomic E-state index is 0.194. The summed E-state index contributed by atoms with van der Waals surface area (Å²) in [5, 5.41) is 7.36. The van der Waals surface area contributed by atoms with Gasteiger partial charge in [-0.2, -0.15) is 5.10 Å². The van der Waals surface area contributed by atoms with Crippen molar-refractivity contribution in [3.05, 3.63) is 115 Å². The summed E-state index contributed by atoms with van der Waals surface area (Å²) in [5.74, 6) is -3.44. The Bertz CT molecular complexity index is 1450. The molecular weight excluding hydrogens is 477 g/mol. The van der Waals surface area contributed by atoms with Crippen molar-refractivity contribution in [2.24, 2.45) is 5.73 Å². The van der Waals surface area contributed by atoms with E-state index in [0.717, 1.165) is 5.56 Å². The predicted octanol–water partition coefficient (Wildman–Crippen LogP) is 3.11. The zero-order valence-electron chi connectivity index (χ0n) is 19.5. The second kappa shape index (κ2) is 9.94. The van der Waals surface area contributed by atoms with Crippen LogP contribution in [-0.4, -0.2) is 38.4 Å². The quantitative estimate of drug-likeness (QED) is 0.384. The fraction of sp³-hybridized carbons (Fsp3) is 0.111. The van der Waals surface area contributed by atoms with E-state index in [9.17, 15) is 14.0 Å². The number of primary amides is 1. The number of pyridine rings is 1. The number of halogens is 1. The van der Waals surface area contributed by atoms with Gasteiger partial charge in [0.2, 0.25) is 0 Å². The van der Waals surface area contributed by atoms with Crippen LogP contribution in [0.4, 0.5) is 4.39 Å². The number of hydrogen-bond donors (Lipinski definition) is 2. The average molecular weight is 500 g/mol. The van der Waals surface area contributed by atoms with Crippen LogP contribution in [0.5, 0.6) is 0 Å². The molecule has 0 unspecified atom stereocenters. The number of ether oxygens (including phenoxy) is 2. The summed E-state index contributed by atoms with van der Waals surface area (Å²) < 4.78 is 25.8. The Morgan fingerprint density at radius 2 is 1.73 bits per heavy atom. The monoisotopic (exact) mass is 499 g/mol. The summed E-state index contributed by atoms with van der Waals surface area (Å²) >= 11 is 0. The van der Waals surface area contributed by atoms with Gasteiger partial charge in [0, 0.05) is 24.4 Å². The van der Waals surface area contributed by atoms with Crippen molar-refractivity contribution in [2.75, 3.05) is 0 Å². The molecule has 0 fully saturated rings. The highest BCUT2D eigenvalue weighted by Gasteiger charge is 2.51. The van der Waals surface area contributed by atoms with Gasteiger partial charge in [-0.3, -0.25) is 9.59 Å². The number of nitrogens with one attached hydrogen (secondary N) is 1. The lowest BCUT2D eigenvalue weighted by atomic mass is 9.97. The molecule has 3 heterocycles. The maximum atomic E-state index is 13.6. The normalized spacial score (nSPS) is 14.4. The van der Waals surface area contributed by atoms with Crippen molar-refractivity contribution >= 4 is 11.8 Å².